The molecule has 0 bridgehead atoms. The summed E-state index contributed by atoms with van der Waals surface area (Å²) in [5.74, 6) is -0.620. The van der Waals surface area contributed by atoms with Gasteiger partial charge in [0.05, 0.1) is 12.0 Å². The van der Waals surface area contributed by atoms with Crippen LogP contribution in [0.4, 0.5) is 18.3 Å². The molecule has 3 rings (SSSR count). The number of hydrogen-bond acceptors (Lipinski definition) is 4. The van der Waals surface area contributed by atoms with Gasteiger partial charge in [0.2, 0.25) is 11.8 Å². The van der Waals surface area contributed by atoms with Crippen LogP contribution in [-0.2, 0) is 22.2 Å². The Morgan fingerprint density at radius 2 is 2.08 bits per heavy atom. The van der Waals surface area contributed by atoms with Crippen LogP contribution in [0.5, 0.6) is 0 Å². The van der Waals surface area contributed by atoms with E-state index in [4.69, 9.17) is 0 Å². The molecule has 1 aromatic carbocycles. The highest BCUT2D eigenvalue weighted by Gasteiger charge is 2.31. The molecule has 0 spiro atoms. The largest absolute Gasteiger partial charge is 0.416 e. The first-order chi connectivity index (χ1) is 11.8. The number of anilines is 1. The van der Waals surface area contributed by atoms with Gasteiger partial charge in [-0.3, -0.25) is 14.5 Å². The van der Waals surface area contributed by atoms with E-state index >= 15 is 0 Å². The maximum Gasteiger partial charge on any atom is 0.416 e. The van der Waals surface area contributed by atoms with Crippen LogP contribution >= 0.6 is 11.3 Å². The maximum atomic E-state index is 12.7. The number of nitrogens with zero attached hydrogens (tertiary/aromatic N) is 3. The molecule has 2 heterocycles. The van der Waals surface area contributed by atoms with E-state index in [0.717, 1.165) is 12.1 Å². The van der Waals surface area contributed by atoms with Crippen molar-refractivity contribution in [2.24, 2.45) is 0 Å². The number of benzene rings is 1. The molecule has 2 amide bonds. The van der Waals surface area contributed by atoms with E-state index < -0.39 is 11.7 Å². The first kappa shape index (κ1) is 17.4. The smallest absolute Gasteiger partial charge is 0.331 e. The zero-order valence-electron chi connectivity index (χ0n) is 13.0. The number of thiazole rings is 1. The highest BCUT2D eigenvalue weighted by Crippen LogP contribution is 2.29. The minimum absolute atomic E-state index is 0.0998. The van der Waals surface area contributed by atoms with Crippen molar-refractivity contribution in [2.45, 2.75) is 12.6 Å². The van der Waals surface area contributed by atoms with E-state index in [2.05, 4.69) is 4.98 Å². The minimum atomic E-state index is -4.45. The Morgan fingerprint density at radius 1 is 1.28 bits per heavy atom. The van der Waals surface area contributed by atoms with Gasteiger partial charge >= 0.3 is 6.18 Å². The summed E-state index contributed by atoms with van der Waals surface area (Å²) >= 11 is 1.33. The summed E-state index contributed by atoms with van der Waals surface area (Å²) in [6.07, 6.45) is -3.03. The lowest BCUT2D eigenvalue weighted by atomic mass is 10.1. The average Bonchev–Trinajstić information content (AvgIpc) is 3.08. The molecule has 1 saturated heterocycles. The molecular weight excluding hydrogens is 355 g/mol. The zero-order chi connectivity index (χ0) is 18.0. The van der Waals surface area contributed by atoms with E-state index in [1.54, 1.807) is 11.6 Å². The Hall–Kier alpha value is -2.42. The molecule has 0 aliphatic carbocycles. The van der Waals surface area contributed by atoms with Gasteiger partial charge in [-0.1, -0.05) is 18.2 Å². The van der Waals surface area contributed by atoms with Crippen molar-refractivity contribution in [2.75, 3.05) is 24.5 Å². The Balaban J connectivity index is 1.64. The van der Waals surface area contributed by atoms with Crippen LogP contribution < -0.4 is 4.90 Å². The van der Waals surface area contributed by atoms with Crippen molar-refractivity contribution in [3.8, 4) is 0 Å². The first-order valence-corrected chi connectivity index (χ1v) is 8.36. The number of piperazine rings is 1. The summed E-state index contributed by atoms with van der Waals surface area (Å²) in [6, 6.07) is 4.67. The molecular formula is C16H14F3N3O2S. The van der Waals surface area contributed by atoms with Crippen LogP contribution in [-0.4, -0.2) is 41.3 Å². The molecule has 2 aromatic rings. The lowest BCUT2D eigenvalue weighted by molar-refractivity contribution is -0.138. The van der Waals surface area contributed by atoms with E-state index in [9.17, 15) is 22.8 Å². The average molecular weight is 369 g/mol. The van der Waals surface area contributed by atoms with Crippen LogP contribution in [0.1, 0.15) is 11.1 Å². The Bertz CT molecular complexity index is 777. The first-order valence-electron chi connectivity index (χ1n) is 7.48. The fourth-order valence-electron chi connectivity index (χ4n) is 2.58. The summed E-state index contributed by atoms with van der Waals surface area (Å²) in [4.78, 5) is 31.5. The van der Waals surface area contributed by atoms with Gasteiger partial charge in [-0.2, -0.15) is 13.2 Å². The number of alkyl halides is 3. The van der Waals surface area contributed by atoms with Crippen molar-refractivity contribution in [1.29, 1.82) is 0 Å². The second-order valence-corrected chi connectivity index (χ2v) is 6.42. The Kier molecular flexibility index (Phi) is 4.76. The van der Waals surface area contributed by atoms with Crippen LogP contribution in [0.2, 0.25) is 0 Å². The zero-order valence-corrected chi connectivity index (χ0v) is 13.8. The number of carbonyl (C=O) groups excluding carboxylic acids is 2. The SMILES string of the molecule is O=C(Cc1cccc(C(F)(F)F)c1)N1CCN(c2nccs2)C(=O)C1. The van der Waals surface area contributed by atoms with Gasteiger partial charge < -0.3 is 4.90 Å². The normalized spacial score (nSPS) is 15.6. The summed E-state index contributed by atoms with van der Waals surface area (Å²) < 4.78 is 38.2. The van der Waals surface area contributed by atoms with Crippen LogP contribution in [0, 0.1) is 0 Å². The molecule has 0 unspecified atom stereocenters. The molecule has 25 heavy (non-hydrogen) atoms. The summed E-state index contributed by atoms with van der Waals surface area (Å²) in [5, 5.41) is 2.34. The lowest BCUT2D eigenvalue weighted by Gasteiger charge is -2.33. The van der Waals surface area contributed by atoms with Crippen LogP contribution in [0.3, 0.4) is 0 Å². The van der Waals surface area contributed by atoms with E-state index in [1.807, 2.05) is 0 Å². The van der Waals surface area contributed by atoms with Gasteiger partial charge in [0.25, 0.3) is 0 Å². The fourth-order valence-corrected chi connectivity index (χ4v) is 3.27. The predicted molar refractivity (Wildman–Crippen MR) is 86.2 cm³/mol. The molecule has 9 heteroatoms. The highest BCUT2D eigenvalue weighted by molar-refractivity contribution is 7.13. The number of carbonyl (C=O) groups is 2. The minimum Gasteiger partial charge on any atom is -0.331 e. The van der Waals surface area contributed by atoms with Crippen LogP contribution in [0.25, 0.3) is 0 Å². The molecule has 0 saturated carbocycles. The summed E-state index contributed by atoms with van der Waals surface area (Å²) in [6.45, 7) is 0.543. The van der Waals surface area contributed by atoms with Gasteiger partial charge in [-0.15, -0.1) is 11.3 Å². The third-order valence-corrected chi connectivity index (χ3v) is 4.63. The van der Waals surface area contributed by atoms with Crippen molar-refractivity contribution < 1.29 is 22.8 Å². The fraction of sp³-hybridized carbons (Fsp3) is 0.312. The Labute approximate surface area is 145 Å². The molecule has 1 aromatic heterocycles. The molecule has 0 atom stereocenters. The van der Waals surface area contributed by atoms with Gasteiger partial charge in [0.1, 0.15) is 6.54 Å². The molecule has 0 radical (unpaired) electrons. The number of amides is 2. The van der Waals surface area contributed by atoms with Crippen molar-refractivity contribution in [3.05, 3.63) is 47.0 Å². The van der Waals surface area contributed by atoms with Crippen molar-refractivity contribution >= 4 is 28.3 Å². The van der Waals surface area contributed by atoms with Crippen LogP contribution in [0.15, 0.2) is 35.8 Å². The predicted octanol–water partition coefficient (Wildman–Crippen LogP) is 2.58. The number of rotatable bonds is 3. The van der Waals surface area contributed by atoms with Gasteiger partial charge in [0, 0.05) is 24.7 Å². The van der Waals surface area contributed by atoms with Crippen molar-refractivity contribution in [1.82, 2.24) is 9.88 Å². The quantitative estimate of drug-likeness (QED) is 0.836. The number of hydrogen-bond donors (Lipinski definition) is 0. The lowest BCUT2D eigenvalue weighted by Crippen LogP contribution is -2.52. The van der Waals surface area contributed by atoms with E-state index in [-0.39, 0.29) is 30.3 Å². The number of aromatic nitrogens is 1. The topological polar surface area (TPSA) is 53.5 Å². The molecule has 1 aliphatic rings. The molecule has 5 nitrogen and oxygen atoms in total. The standard InChI is InChI=1S/C16H14F3N3O2S/c17-16(18,19)12-3-1-2-11(8-12)9-13(23)21-5-6-22(14(24)10-21)15-20-4-7-25-15/h1-4,7-8H,5-6,9-10H2. The van der Waals surface area contributed by atoms with Crippen molar-refractivity contribution in [3.63, 3.8) is 0 Å². The molecule has 0 N–H and O–H groups in total. The monoisotopic (exact) mass is 369 g/mol. The van der Waals surface area contributed by atoms with E-state index in [1.165, 1.54) is 33.3 Å². The summed E-state index contributed by atoms with van der Waals surface area (Å²) in [7, 11) is 0. The van der Waals surface area contributed by atoms with Gasteiger partial charge in [-0.05, 0) is 11.6 Å². The molecule has 1 fully saturated rings. The highest BCUT2D eigenvalue weighted by atomic mass is 32.1. The molecule has 1 aliphatic heterocycles. The third kappa shape index (κ3) is 3.98. The van der Waals surface area contributed by atoms with Gasteiger partial charge in [0.15, 0.2) is 5.13 Å². The second-order valence-electron chi connectivity index (χ2n) is 5.55. The Morgan fingerprint density at radius 3 is 2.72 bits per heavy atom. The second kappa shape index (κ2) is 6.83. The van der Waals surface area contributed by atoms with Gasteiger partial charge in [-0.25, -0.2) is 4.98 Å². The third-order valence-electron chi connectivity index (χ3n) is 3.83. The molecule has 132 valence electrons. The number of halogens is 3. The summed E-state index contributed by atoms with van der Waals surface area (Å²) in [5.41, 5.74) is -0.517. The van der Waals surface area contributed by atoms with E-state index in [0.29, 0.717) is 18.2 Å². The maximum absolute atomic E-state index is 12.7.